The Hall–Kier alpha value is -0.420. The van der Waals surface area contributed by atoms with Crippen LogP contribution in [0.25, 0.3) is 0 Å². The van der Waals surface area contributed by atoms with Crippen LogP contribution in [-0.4, -0.2) is 5.11 Å². The highest BCUT2D eigenvalue weighted by Gasteiger charge is 2.15. The molecule has 0 aliphatic rings. The molecule has 2 aromatic carbocycles. The highest BCUT2D eigenvalue weighted by atomic mass is 79.9. The number of hydrogen-bond acceptors (Lipinski definition) is 1. The molecule has 0 bridgehead atoms. The minimum Gasteiger partial charge on any atom is -0.388 e. The molecule has 0 aliphatic heterocycles. The van der Waals surface area contributed by atoms with Gasteiger partial charge < -0.3 is 5.11 Å². The van der Waals surface area contributed by atoms with Crippen LogP contribution in [0.1, 0.15) is 17.2 Å². The Balaban J connectivity index is 2.28. The Kier molecular flexibility index (Phi) is 5.01. The van der Waals surface area contributed by atoms with Gasteiger partial charge in [-0.05, 0) is 45.8 Å². The number of aliphatic hydroxyl groups is 1. The Morgan fingerprint density at radius 1 is 1.21 bits per heavy atom. The van der Waals surface area contributed by atoms with E-state index in [1.807, 2.05) is 0 Å². The Bertz CT molecular complexity index is 604. The van der Waals surface area contributed by atoms with Crippen molar-refractivity contribution < 1.29 is 9.50 Å². The lowest BCUT2D eigenvalue weighted by molar-refractivity contribution is 0.178. The van der Waals surface area contributed by atoms with Gasteiger partial charge in [-0.1, -0.05) is 39.7 Å². The fourth-order valence-electron chi connectivity index (χ4n) is 1.79. The molecule has 0 heterocycles. The molecule has 0 aromatic heterocycles. The molecular weight excluding hydrogens is 398 g/mol. The van der Waals surface area contributed by atoms with Crippen molar-refractivity contribution in [1.82, 2.24) is 0 Å². The first kappa shape index (κ1) is 15.0. The van der Waals surface area contributed by atoms with Crippen LogP contribution in [0, 0.1) is 5.82 Å². The molecule has 2 rings (SSSR count). The number of rotatable bonds is 3. The van der Waals surface area contributed by atoms with E-state index in [0.29, 0.717) is 20.6 Å². The van der Waals surface area contributed by atoms with Crippen molar-refractivity contribution in [1.29, 1.82) is 0 Å². The summed E-state index contributed by atoms with van der Waals surface area (Å²) < 4.78 is 14.6. The van der Waals surface area contributed by atoms with Gasteiger partial charge in [-0.25, -0.2) is 4.39 Å². The van der Waals surface area contributed by atoms with Crippen molar-refractivity contribution in [2.45, 2.75) is 12.5 Å². The summed E-state index contributed by atoms with van der Waals surface area (Å²) in [7, 11) is 0. The predicted octanol–water partition coefficient (Wildman–Crippen LogP) is 5.28. The molecule has 5 heteroatoms. The molecule has 0 fully saturated rings. The fraction of sp³-hybridized carbons (Fsp3) is 0.143. The van der Waals surface area contributed by atoms with Crippen molar-refractivity contribution >= 4 is 43.5 Å². The molecule has 0 radical (unpaired) electrons. The van der Waals surface area contributed by atoms with Gasteiger partial charge in [0.1, 0.15) is 5.82 Å². The molecule has 1 atom stereocenters. The molecule has 0 saturated carbocycles. The highest BCUT2D eigenvalue weighted by Crippen LogP contribution is 2.31. The molecule has 100 valence electrons. The summed E-state index contributed by atoms with van der Waals surface area (Å²) in [6, 6.07) is 10.0. The summed E-state index contributed by atoms with van der Waals surface area (Å²) in [5.41, 5.74) is 1.32. The molecule has 19 heavy (non-hydrogen) atoms. The maximum atomic E-state index is 13.4. The van der Waals surface area contributed by atoms with Gasteiger partial charge in [-0.15, -0.1) is 0 Å². The van der Waals surface area contributed by atoms with Crippen molar-refractivity contribution in [3.8, 4) is 0 Å². The standard InChI is InChI=1S/C14H10Br2ClFO/c15-9-4-5-11(17)10(7-9)13(19)6-8-2-1-3-12(18)14(8)16/h1-5,7,13,19H,6H2. The summed E-state index contributed by atoms with van der Waals surface area (Å²) in [4.78, 5) is 0. The quantitative estimate of drug-likeness (QED) is 0.733. The van der Waals surface area contributed by atoms with Crippen LogP contribution in [0.15, 0.2) is 45.3 Å². The molecule has 1 unspecified atom stereocenters. The van der Waals surface area contributed by atoms with E-state index in [0.717, 1.165) is 4.47 Å². The maximum Gasteiger partial charge on any atom is 0.137 e. The molecule has 0 saturated heterocycles. The lowest BCUT2D eigenvalue weighted by Gasteiger charge is -2.14. The van der Waals surface area contributed by atoms with E-state index in [1.165, 1.54) is 6.07 Å². The molecule has 0 spiro atoms. The molecular formula is C14H10Br2ClFO. The second-order valence-electron chi connectivity index (χ2n) is 4.10. The third-order valence-corrected chi connectivity index (χ3v) is 4.49. The van der Waals surface area contributed by atoms with E-state index in [-0.39, 0.29) is 12.2 Å². The largest absolute Gasteiger partial charge is 0.388 e. The second-order valence-corrected chi connectivity index (χ2v) is 6.21. The van der Waals surface area contributed by atoms with Crippen LogP contribution in [0.4, 0.5) is 4.39 Å². The Labute approximate surface area is 132 Å². The third-order valence-electron chi connectivity index (χ3n) is 2.76. The van der Waals surface area contributed by atoms with Gasteiger partial charge in [0.2, 0.25) is 0 Å². The van der Waals surface area contributed by atoms with Crippen molar-refractivity contribution in [3.63, 3.8) is 0 Å². The summed E-state index contributed by atoms with van der Waals surface area (Å²) in [5.74, 6) is -0.343. The maximum absolute atomic E-state index is 13.4. The monoisotopic (exact) mass is 406 g/mol. The average molecular weight is 408 g/mol. The summed E-state index contributed by atoms with van der Waals surface area (Å²) in [5, 5.41) is 10.7. The molecule has 0 aliphatic carbocycles. The zero-order valence-corrected chi connectivity index (χ0v) is 13.6. The first-order valence-electron chi connectivity index (χ1n) is 5.55. The average Bonchev–Trinajstić information content (AvgIpc) is 2.38. The van der Waals surface area contributed by atoms with Gasteiger partial charge in [-0.2, -0.15) is 0 Å². The van der Waals surface area contributed by atoms with Gasteiger partial charge in [0.05, 0.1) is 10.6 Å². The minimum atomic E-state index is -0.789. The second kappa shape index (κ2) is 6.35. The highest BCUT2D eigenvalue weighted by molar-refractivity contribution is 9.10. The lowest BCUT2D eigenvalue weighted by Crippen LogP contribution is -2.04. The number of benzene rings is 2. The van der Waals surface area contributed by atoms with E-state index < -0.39 is 6.10 Å². The van der Waals surface area contributed by atoms with E-state index in [9.17, 15) is 9.50 Å². The van der Waals surface area contributed by atoms with Crippen LogP contribution in [0.3, 0.4) is 0 Å². The fourth-order valence-corrected chi connectivity index (χ4v) is 2.84. The van der Waals surface area contributed by atoms with Crippen LogP contribution >= 0.6 is 43.5 Å². The van der Waals surface area contributed by atoms with Gasteiger partial charge in [0.15, 0.2) is 0 Å². The van der Waals surface area contributed by atoms with Crippen LogP contribution in [0.2, 0.25) is 5.02 Å². The number of hydrogen-bond donors (Lipinski definition) is 1. The predicted molar refractivity (Wildman–Crippen MR) is 81.9 cm³/mol. The Morgan fingerprint density at radius 2 is 1.95 bits per heavy atom. The summed E-state index contributed by atoms with van der Waals surface area (Å²) in [6.45, 7) is 0. The van der Waals surface area contributed by atoms with E-state index >= 15 is 0 Å². The van der Waals surface area contributed by atoms with Gasteiger partial charge in [0, 0.05) is 21.5 Å². The van der Waals surface area contributed by atoms with Crippen molar-refractivity contribution in [2.75, 3.05) is 0 Å². The van der Waals surface area contributed by atoms with E-state index in [4.69, 9.17) is 11.6 Å². The molecule has 2 aromatic rings. The van der Waals surface area contributed by atoms with Gasteiger partial charge in [0.25, 0.3) is 0 Å². The first-order valence-corrected chi connectivity index (χ1v) is 7.51. The topological polar surface area (TPSA) is 20.2 Å². The SMILES string of the molecule is OC(Cc1cccc(F)c1Br)c1cc(Br)ccc1Cl. The number of halogens is 4. The van der Waals surface area contributed by atoms with Crippen LogP contribution < -0.4 is 0 Å². The van der Waals surface area contributed by atoms with E-state index in [1.54, 1.807) is 30.3 Å². The smallest absolute Gasteiger partial charge is 0.137 e. The first-order chi connectivity index (χ1) is 8.99. The summed E-state index contributed by atoms with van der Waals surface area (Å²) >= 11 is 12.6. The van der Waals surface area contributed by atoms with Crippen LogP contribution in [0.5, 0.6) is 0 Å². The zero-order valence-electron chi connectivity index (χ0n) is 9.71. The zero-order chi connectivity index (χ0) is 14.0. The van der Waals surface area contributed by atoms with Crippen LogP contribution in [-0.2, 0) is 6.42 Å². The molecule has 1 N–H and O–H groups in total. The minimum absolute atomic E-state index is 0.286. The normalized spacial score (nSPS) is 12.5. The summed E-state index contributed by atoms with van der Waals surface area (Å²) in [6.07, 6.45) is -0.503. The van der Waals surface area contributed by atoms with Crippen molar-refractivity contribution in [2.24, 2.45) is 0 Å². The molecule has 0 amide bonds. The Morgan fingerprint density at radius 3 is 2.68 bits per heavy atom. The third kappa shape index (κ3) is 3.57. The van der Waals surface area contributed by atoms with Gasteiger partial charge >= 0.3 is 0 Å². The molecule has 1 nitrogen and oxygen atoms in total. The van der Waals surface area contributed by atoms with E-state index in [2.05, 4.69) is 31.9 Å². The van der Waals surface area contributed by atoms with Crippen molar-refractivity contribution in [3.05, 3.63) is 67.3 Å². The number of aliphatic hydroxyl groups excluding tert-OH is 1. The lowest BCUT2D eigenvalue weighted by atomic mass is 10.0. The van der Waals surface area contributed by atoms with Gasteiger partial charge in [-0.3, -0.25) is 0 Å².